The zero-order valence-corrected chi connectivity index (χ0v) is 20.2. The van der Waals surface area contributed by atoms with Crippen molar-refractivity contribution in [2.45, 2.75) is 52.5 Å². The Morgan fingerprint density at radius 3 is 2.33 bits per heavy atom. The van der Waals surface area contributed by atoms with E-state index in [0.29, 0.717) is 19.5 Å². The van der Waals surface area contributed by atoms with Crippen molar-refractivity contribution in [2.24, 2.45) is 5.92 Å². The SMILES string of the molecule is C/C=C(/C=C\C=C(C)C)C(=C/C=CN(C=O)C(CCC=O)C(=O)NC)\C1CCN(C=O)CC1. The normalized spacial score (nSPS) is 16.5. The van der Waals surface area contributed by atoms with Crippen molar-refractivity contribution in [3.05, 3.63) is 59.4 Å². The van der Waals surface area contributed by atoms with Crippen molar-refractivity contribution in [3.8, 4) is 0 Å². The molecule has 0 saturated carbocycles. The Balaban J connectivity index is 3.23. The molecule has 1 fully saturated rings. The fourth-order valence-electron chi connectivity index (χ4n) is 3.75. The van der Waals surface area contributed by atoms with Gasteiger partial charge in [-0.3, -0.25) is 14.4 Å². The van der Waals surface area contributed by atoms with Gasteiger partial charge in [0.05, 0.1) is 0 Å². The lowest BCUT2D eigenvalue weighted by Crippen LogP contribution is -2.42. The molecule has 0 spiro atoms. The van der Waals surface area contributed by atoms with Crippen LogP contribution in [0.15, 0.2) is 59.4 Å². The third kappa shape index (κ3) is 9.43. The second-order valence-electron chi connectivity index (χ2n) is 8.15. The molecule has 1 heterocycles. The zero-order chi connectivity index (χ0) is 24.6. The van der Waals surface area contributed by atoms with Crippen LogP contribution in [0.25, 0.3) is 0 Å². The molecule has 1 aliphatic rings. The predicted octanol–water partition coefficient (Wildman–Crippen LogP) is 3.32. The van der Waals surface area contributed by atoms with E-state index < -0.39 is 6.04 Å². The average Bonchev–Trinajstić information content (AvgIpc) is 2.83. The number of likely N-dealkylation sites (tertiary alicyclic amines) is 1. The Morgan fingerprint density at radius 2 is 1.82 bits per heavy atom. The molecular formula is C26H37N3O4. The first-order valence-electron chi connectivity index (χ1n) is 11.4. The Hall–Kier alpha value is -3.22. The molecule has 3 amide bonds. The van der Waals surface area contributed by atoms with Gasteiger partial charge in [-0.25, -0.2) is 0 Å². The van der Waals surface area contributed by atoms with Crippen LogP contribution in [0.4, 0.5) is 0 Å². The maximum atomic E-state index is 12.2. The van der Waals surface area contributed by atoms with Gasteiger partial charge in [-0.15, -0.1) is 0 Å². The summed E-state index contributed by atoms with van der Waals surface area (Å²) in [5, 5.41) is 2.55. The fourth-order valence-corrected chi connectivity index (χ4v) is 3.75. The number of hydrogen-bond donors (Lipinski definition) is 1. The van der Waals surface area contributed by atoms with E-state index in [1.807, 2.05) is 39.0 Å². The van der Waals surface area contributed by atoms with Gasteiger partial charge in [0.15, 0.2) is 0 Å². The van der Waals surface area contributed by atoms with Crippen molar-refractivity contribution >= 4 is 25.0 Å². The molecule has 1 N–H and O–H groups in total. The summed E-state index contributed by atoms with van der Waals surface area (Å²) in [6.45, 7) is 7.47. The molecular weight excluding hydrogens is 418 g/mol. The number of amides is 3. The van der Waals surface area contributed by atoms with Crippen LogP contribution in [-0.4, -0.2) is 61.0 Å². The molecule has 7 nitrogen and oxygen atoms in total. The summed E-state index contributed by atoms with van der Waals surface area (Å²) >= 11 is 0. The van der Waals surface area contributed by atoms with Crippen molar-refractivity contribution in [3.63, 3.8) is 0 Å². The first-order chi connectivity index (χ1) is 15.9. The van der Waals surface area contributed by atoms with E-state index in [9.17, 15) is 19.2 Å². The number of nitrogens with one attached hydrogen (secondary N) is 1. The Morgan fingerprint density at radius 1 is 1.12 bits per heavy atom. The molecule has 180 valence electrons. The molecule has 7 heteroatoms. The van der Waals surface area contributed by atoms with Gasteiger partial charge in [0, 0.05) is 32.8 Å². The molecule has 0 aliphatic carbocycles. The Labute approximate surface area is 197 Å². The Bertz CT molecular complexity index is 811. The number of rotatable bonds is 13. The van der Waals surface area contributed by atoms with Crippen LogP contribution in [0.2, 0.25) is 0 Å². The van der Waals surface area contributed by atoms with E-state index in [1.54, 1.807) is 17.2 Å². The number of likely N-dealkylation sites (N-methyl/N-ethyl adjacent to an activating group) is 1. The van der Waals surface area contributed by atoms with Crippen molar-refractivity contribution < 1.29 is 19.2 Å². The summed E-state index contributed by atoms with van der Waals surface area (Å²) in [4.78, 5) is 48.9. The molecule has 33 heavy (non-hydrogen) atoms. The highest BCUT2D eigenvalue weighted by molar-refractivity contribution is 5.84. The summed E-state index contributed by atoms with van der Waals surface area (Å²) in [5.41, 5.74) is 3.39. The molecule has 0 radical (unpaired) electrons. The molecule has 1 saturated heterocycles. The maximum absolute atomic E-state index is 12.2. The second kappa shape index (κ2) is 15.6. The molecule has 1 rings (SSSR count). The third-order valence-corrected chi connectivity index (χ3v) is 5.59. The van der Waals surface area contributed by atoms with E-state index in [0.717, 1.165) is 36.7 Å². The number of aldehydes is 1. The molecule has 0 aromatic rings. The van der Waals surface area contributed by atoms with Gasteiger partial charge in [0.2, 0.25) is 18.7 Å². The van der Waals surface area contributed by atoms with Gasteiger partial charge >= 0.3 is 0 Å². The van der Waals surface area contributed by atoms with Crippen molar-refractivity contribution in [2.75, 3.05) is 20.1 Å². The van der Waals surface area contributed by atoms with Gasteiger partial charge in [0.25, 0.3) is 0 Å². The quantitative estimate of drug-likeness (QED) is 0.341. The maximum Gasteiger partial charge on any atom is 0.242 e. The monoisotopic (exact) mass is 455 g/mol. The van der Waals surface area contributed by atoms with Crippen molar-refractivity contribution in [1.29, 1.82) is 0 Å². The standard InChI is InChI=1S/C26H37N3O4/c1-5-22(10-6-9-21(2)3)24(23-13-16-28(19-31)17-14-23)11-7-15-29(20-32)25(12-8-18-30)26(33)27-4/h5-7,9-11,15,18-20,23,25H,8,12-14,16-17H2,1-4H3,(H,27,33)/b10-6-,15-7?,22-5-,24-11+. The first kappa shape index (κ1) is 27.8. The van der Waals surface area contributed by atoms with Gasteiger partial charge in [-0.05, 0) is 63.2 Å². The van der Waals surface area contributed by atoms with Crippen LogP contribution >= 0.6 is 0 Å². The van der Waals surface area contributed by atoms with E-state index in [-0.39, 0.29) is 24.7 Å². The van der Waals surface area contributed by atoms with Crippen LogP contribution in [0.5, 0.6) is 0 Å². The largest absolute Gasteiger partial charge is 0.357 e. The molecule has 0 aromatic heterocycles. The number of carbonyl (C=O) groups excluding carboxylic acids is 4. The van der Waals surface area contributed by atoms with Crippen LogP contribution in [-0.2, 0) is 19.2 Å². The highest BCUT2D eigenvalue weighted by Crippen LogP contribution is 2.30. The first-order valence-corrected chi connectivity index (χ1v) is 11.4. The molecule has 1 unspecified atom stereocenters. The molecule has 1 aliphatic heterocycles. The zero-order valence-electron chi connectivity index (χ0n) is 20.2. The smallest absolute Gasteiger partial charge is 0.242 e. The van der Waals surface area contributed by atoms with Gasteiger partial charge in [-0.1, -0.05) is 36.0 Å². The summed E-state index contributed by atoms with van der Waals surface area (Å²) in [5.74, 6) is -0.0549. The van der Waals surface area contributed by atoms with Crippen LogP contribution in [0, 0.1) is 5.92 Å². The lowest BCUT2D eigenvalue weighted by atomic mass is 9.84. The highest BCUT2D eigenvalue weighted by Gasteiger charge is 2.23. The summed E-state index contributed by atoms with van der Waals surface area (Å²) < 4.78 is 0. The number of carbonyl (C=O) groups is 4. The number of nitrogens with zero attached hydrogens (tertiary/aromatic N) is 2. The molecule has 1 atom stereocenters. The minimum atomic E-state index is -0.750. The summed E-state index contributed by atoms with van der Waals surface area (Å²) in [6, 6.07) is -0.750. The van der Waals surface area contributed by atoms with Crippen LogP contribution in [0.1, 0.15) is 46.5 Å². The average molecular weight is 456 g/mol. The molecule has 0 aromatic carbocycles. The number of allylic oxidation sites excluding steroid dienone is 9. The van der Waals surface area contributed by atoms with Gasteiger partial charge in [0.1, 0.15) is 12.3 Å². The predicted molar refractivity (Wildman–Crippen MR) is 131 cm³/mol. The number of piperidine rings is 1. The van der Waals surface area contributed by atoms with Crippen molar-refractivity contribution in [1.82, 2.24) is 15.1 Å². The van der Waals surface area contributed by atoms with E-state index in [2.05, 4.69) is 17.5 Å². The Kier molecular flexibility index (Phi) is 13.1. The summed E-state index contributed by atoms with van der Waals surface area (Å²) in [6.07, 6.45) is 17.9. The topological polar surface area (TPSA) is 86.8 Å². The lowest BCUT2D eigenvalue weighted by molar-refractivity contribution is -0.130. The minimum Gasteiger partial charge on any atom is -0.357 e. The lowest BCUT2D eigenvalue weighted by Gasteiger charge is -2.31. The van der Waals surface area contributed by atoms with E-state index >= 15 is 0 Å². The second-order valence-corrected chi connectivity index (χ2v) is 8.15. The molecule has 0 bridgehead atoms. The van der Waals surface area contributed by atoms with Gasteiger partial charge < -0.3 is 19.9 Å². The highest BCUT2D eigenvalue weighted by atomic mass is 16.2. The third-order valence-electron chi connectivity index (χ3n) is 5.59. The number of hydrogen-bond acceptors (Lipinski definition) is 4. The minimum absolute atomic E-state index is 0.185. The van der Waals surface area contributed by atoms with Crippen LogP contribution < -0.4 is 5.32 Å². The fraction of sp³-hybridized carbons (Fsp3) is 0.462. The van der Waals surface area contributed by atoms with Crippen LogP contribution in [0.3, 0.4) is 0 Å². The van der Waals surface area contributed by atoms with Gasteiger partial charge in [-0.2, -0.15) is 0 Å². The van der Waals surface area contributed by atoms with E-state index in [4.69, 9.17) is 0 Å². The van der Waals surface area contributed by atoms with E-state index in [1.165, 1.54) is 17.5 Å². The summed E-state index contributed by atoms with van der Waals surface area (Å²) in [7, 11) is 1.50.